The maximum absolute atomic E-state index is 11.7. The van der Waals surface area contributed by atoms with Crippen LogP contribution in [0.1, 0.15) is 19.3 Å². The Bertz CT molecular complexity index is 483. The van der Waals surface area contributed by atoms with Crippen molar-refractivity contribution in [3.8, 4) is 11.5 Å². The van der Waals surface area contributed by atoms with Crippen LogP contribution in [0.5, 0.6) is 11.5 Å². The Morgan fingerprint density at radius 2 is 1.80 bits per heavy atom. The van der Waals surface area contributed by atoms with Crippen LogP contribution in [-0.2, 0) is 9.63 Å². The van der Waals surface area contributed by atoms with E-state index in [1.54, 1.807) is 11.1 Å². The highest BCUT2D eigenvalue weighted by Gasteiger charge is 2.21. The van der Waals surface area contributed by atoms with E-state index in [1.807, 2.05) is 24.3 Å². The van der Waals surface area contributed by atoms with Crippen molar-refractivity contribution >= 4 is 5.97 Å². The Kier molecular flexibility index (Phi) is 3.87. The van der Waals surface area contributed by atoms with E-state index >= 15 is 0 Å². The van der Waals surface area contributed by atoms with Crippen LogP contribution in [0, 0.1) is 0 Å². The predicted molar refractivity (Wildman–Crippen MR) is 72.1 cm³/mol. The minimum Gasteiger partial charge on any atom is -0.447 e. The van der Waals surface area contributed by atoms with Gasteiger partial charge in [-0.15, -0.1) is 5.06 Å². The van der Waals surface area contributed by atoms with Gasteiger partial charge in [0, 0.05) is 25.2 Å². The molecule has 0 aliphatic carbocycles. The van der Waals surface area contributed by atoms with Gasteiger partial charge in [0.25, 0.3) is 6.29 Å². The van der Waals surface area contributed by atoms with Crippen molar-refractivity contribution in [3.63, 3.8) is 0 Å². The lowest BCUT2D eigenvalue weighted by atomic mass is 10.2. The molecular formula is C15H17NO4. The zero-order valence-electron chi connectivity index (χ0n) is 11.2. The van der Waals surface area contributed by atoms with Gasteiger partial charge < -0.3 is 14.3 Å². The van der Waals surface area contributed by atoms with Crippen LogP contribution in [0.4, 0.5) is 0 Å². The summed E-state index contributed by atoms with van der Waals surface area (Å²) >= 11 is 0. The summed E-state index contributed by atoms with van der Waals surface area (Å²) in [7, 11) is 0. The number of benzene rings is 1. The Morgan fingerprint density at radius 3 is 2.45 bits per heavy atom. The highest BCUT2D eigenvalue weighted by Crippen LogP contribution is 2.34. The molecular weight excluding hydrogens is 258 g/mol. The summed E-state index contributed by atoms with van der Waals surface area (Å²) < 4.78 is 11.0. The van der Waals surface area contributed by atoms with Crippen LogP contribution in [0.15, 0.2) is 36.4 Å². The average Bonchev–Trinajstić information content (AvgIpc) is 2.89. The van der Waals surface area contributed by atoms with Gasteiger partial charge in [-0.1, -0.05) is 18.6 Å². The molecule has 1 saturated heterocycles. The predicted octanol–water partition coefficient (Wildman–Crippen LogP) is 2.28. The molecule has 0 atom stereocenters. The molecule has 1 aromatic rings. The minimum atomic E-state index is -0.568. The van der Waals surface area contributed by atoms with E-state index in [4.69, 9.17) is 14.3 Å². The molecule has 20 heavy (non-hydrogen) atoms. The second kappa shape index (κ2) is 5.96. The topological polar surface area (TPSA) is 48.0 Å². The van der Waals surface area contributed by atoms with Gasteiger partial charge in [0.15, 0.2) is 11.5 Å². The zero-order valence-corrected chi connectivity index (χ0v) is 11.2. The molecule has 5 heteroatoms. The van der Waals surface area contributed by atoms with Crippen LogP contribution in [0.2, 0.25) is 0 Å². The third-order valence-corrected chi connectivity index (χ3v) is 3.26. The lowest BCUT2D eigenvalue weighted by molar-refractivity contribution is -0.188. The summed E-state index contributed by atoms with van der Waals surface area (Å²) in [5.74, 6) is 0.980. The minimum absolute atomic E-state index is 0.393. The number of rotatable bonds is 3. The Balaban J connectivity index is 1.50. The Labute approximate surface area is 117 Å². The summed E-state index contributed by atoms with van der Waals surface area (Å²) in [5.41, 5.74) is 0. The van der Waals surface area contributed by atoms with E-state index in [1.165, 1.54) is 12.5 Å². The van der Waals surface area contributed by atoms with Crippen molar-refractivity contribution in [2.45, 2.75) is 25.6 Å². The normalized spacial score (nSPS) is 19.4. The van der Waals surface area contributed by atoms with E-state index in [9.17, 15) is 4.79 Å². The number of nitrogens with zero attached hydrogens (tertiary/aromatic N) is 1. The first kappa shape index (κ1) is 13.0. The van der Waals surface area contributed by atoms with Crippen molar-refractivity contribution in [1.29, 1.82) is 0 Å². The van der Waals surface area contributed by atoms with E-state index in [-0.39, 0.29) is 0 Å². The second-order valence-electron chi connectivity index (χ2n) is 4.81. The largest absolute Gasteiger partial charge is 0.447 e. The van der Waals surface area contributed by atoms with E-state index < -0.39 is 12.3 Å². The lowest BCUT2D eigenvalue weighted by Crippen LogP contribution is -2.31. The van der Waals surface area contributed by atoms with Gasteiger partial charge in [-0.2, -0.15) is 0 Å². The van der Waals surface area contributed by atoms with Gasteiger partial charge in [-0.25, -0.2) is 4.79 Å². The number of hydrogen-bond acceptors (Lipinski definition) is 5. The fourth-order valence-corrected chi connectivity index (χ4v) is 2.27. The number of piperidine rings is 1. The smallest absolute Gasteiger partial charge is 0.349 e. The molecule has 0 bridgehead atoms. The van der Waals surface area contributed by atoms with E-state index in [2.05, 4.69) is 0 Å². The summed E-state index contributed by atoms with van der Waals surface area (Å²) in [6, 6.07) is 7.41. The van der Waals surface area contributed by atoms with E-state index in [0.29, 0.717) is 11.5 Å². The number of ether oxygens (including phenoxy) is 2. The molecule has 0 radical (unpaired) electrons. The highest BCUT2D eigenvalue weighted by molar-refractivity contribution is 5.81. The highest BCUT2D eigenvalue weighted by atomic mass is 16.7. The number of fused-ring (bicyclic) bond motifs is 1. The number of para-hydroxylation sites is 2. The van der Waals surface area contributed by atoms with Crippen molar-refractivity contribution in [3.05, 3.63) is 36.4 Å². The van der Waals surface area contributed by atoms with Crippen molar-refractivity contribution < 1.29 is 19.1 Å². The Hall–Kier alpha value is -2.01. The second-order valence-corrected chi connectivity index (χ2v) is 4.81. The molecule has 3 rings (SSSR count). The molecule has 0 amide bonds. The fourth-order valence-electron chi connectivity index (χ4n) is 2.27. The van der Waals surface area contributed by atoms with Gasteiger partial charge in [-0.05, 0) is 25.0 Å². The summed E-state index contributed by atoms with van der Waals surface area (Å²) in [5, 5.41) is 1.71. The molecule has 2 aliphatic heterocycles. The van der Waals surface area contributed by atoms with Crippen LogP contribution < -0.4 is 9.47 Å². The average molecular weight is 275 g/mol. The molecule has 0 N–H and O–H groups in total. The van der Waals surface area contributed by atoms with Crippen molar-refractivity contribution in [2.24, 2.45) is 0 Å². The standard InChI is InChI=1S/C15H17NO4/c17-14(20-16-10-4-1-5-11-16)8-9-15-18-12-6-2-3-7-13(12)19-15/h2-3,6-9,15H,1,4-5,10-11H2. The van der Waals surface area contributed by atoms with Gasteiger partial charge in [-0.3, -0.25) is 0 Å². The SMILES string of the molecule is O=C(C=CC1Oc2ccccc2O1)ON1CCCCC1. The van der Waals surface area contributed by atoms with Gasteiger partial charge in [0.2, 0.25) is 0 Å². The Morgan fingerprint density at radius 1 is 1.15 bits per heavy atom. The zero-order chi connectivity index (χ0) is 13.8. The summed E-state index contributed by atoms with van der Waals surface area (Å²) in [6.45, 7) is 1.61. The summed E-state index contributed by atoms with van der Waals surface area (Å²) in [6.07, 6.45) is 5.69. The van der Waals surface area contributed by atoms with Gasteiger partial charge in [0.05, 0.1) is 0 Å². The number of hydroxylamine groups is 2. The monoisotopic (exact) mass is 275 g/mol. The van der Waals surface area contributed by atoms with E-state index in [0.717, 1.165) is 25.9 Å². The van der Waals surface area contributed by atoms with Crippen LogP contribution in [-0.4, -0.2) is 30.4 Å². The number of carbonyl (C=O) groups excluding carboxylic acids is 1. The number of carbonyl (C=O) groups is 1. The van der Waals surface area contributed by atoms with Crippen LogP contribution >= 0.6 is 0 Å². The van der Waals surface area contributed by atoms with Crippen LogP contribution in [0.25, 0.3) is 0 Å². The molecule has 2 heterocycles. The first-order valence-electron chi connectivity index (χ1n) is 6.89. The maximum atomic E-state index is 11.7. The first-order chi connectivity index (χ1) is 9.81. The third-order valence-electron chi connectivity index (χ3n) is 3.26. The molecule has 2 aliphatic rings. The quantitative estimate of drug-likeness (QED) is 0.792. The van der Waals surface area contributed by atoms with Crippen LogP contribution in [0.3, 0.4) is 0 Å². The maximum Gasteiger partial charge on any atom is 0.349 e. The molecule has 0 saturated carbocycles. The molecule has 0 aromatic heterocycles. The number of hydrogen-bond donors (Lipinski definition) is 0. The third kappa shape index (κ3) is 3.11. The van der Waals surface area contributed by atoms with Crippen molar-refractivity contribution in [1.82, 2.24) is 5.06 Å². The first-order valence-corrected chi connectivity index (χ1v) is 6.89. The molecule has 106 valence electrons. The van der Waals surface area contributed by atoms with Crippen molar-refractivity contribution in [2.75, 3.05) is 13.1 Å². The fraction of sp³-hybridized carbons (Fsp3) is 0.400. The van der Waals surface area contributed by atoms with Gasteiger partial charge >= 0.3 is 5.97 Å². The van der Waals surface area contributed by atoms with Gasteiger partial charge in [0.1, 0.15) is 0 Å². The lowest BCUT2D eigenvalue weighted by Gasteiger charge is -2.24. The molecule has 5 nitrogen and oxygen atoms in total. The molecule has 0 unspecified atom stereocenters. The molecule has 1 aromatic carbocycles. The molecule has 0 spiro atoms. The summed E-state index contributed by atoms with van der Waals surface area (Å²) in [4.78, 5) is 16.9. The molecule has 1 fully saturated rings.